The van der Waals surface area contributed by atoms with Gasteiger partial charge in [-0.25, -0.2) is 13.2 Å². The van der Waals surface area contributed by atoms with E-state index in [-0.39, 0.29) is 9.77 Å². The Hall–Kier alpha value is -2.69. The molecule has 0 bridgehead atoms. The molecule has 1 fully saturated rings. The number of carbonyl (C=O) groups excluding carboxylic acids is 2. The second-order valence-corrected chi connectivity index (χ2v) is 10.4. The molecule has 0 unspecified atom stereocenters. The quantitative estimate of drug-likeness (QED) is 0.487. The van der Waals surface area contributed by atoms with Crippen molar-refractivity contribution in [1.29, 1.82) is 0 Å². The van der Waals surface area contributed by atoms with Crippen molar-refractivity contribution in [3.63, 3.8) is 0 Å². The van der Waals surface area contributed by atoms with Gasteiger partial charge in [0.2, 0.25) is 10.0 Å². The first-order valence-electron chi connectivity index (χ1n) is 10.5. The lowest BCUT2D eigenvalue weighted by Crippen LogP contribution is -2.36. The van der Waals surface area contributed by atoms with Gasteiger partial charge in [-0.1, -0.05) is 24.6 Å². The maximum absolute atomic E-state index is 12.9. The number of para-hydroxylation sites is 1. The number of nitrogens with one attached hydrogen (secondary N) is 2. The summed E-state index contributed by atoms with van der Waals surface area (Å²) in [5, 5.41) is 5.38. The Morgan fingerprint density at radius 3 is 2.72 bits per heavy atom. The molecule has 0 saturated carbocycles. The van der Waals surface area contributed by atoms with Crippen molar-refractivity contribution in [3.05, 3.63) is 52.3 Å². The van der Waals surface area contributed by atoms with E-state index in [1.54, 1.807) is 5.38 Å². The molecule has 3 heterocycles. The lowest BCUT2D eigenvalue weighted by Gasteiger charge is -2.25. The van der Waals surface area contributed by atoms with Crippen LogP contribution in [0.25, 0.3) is 10.9 Å². The van der Waals surface area contributed by atoms with Crippen LogP contribution < -0.4 is 5.32 Å². The number of aromatic nitrogens is 1. The monoisotopic (exact) mass is 475 g/mol. The maximum atomic E-state index is 12.9. The van der Waals surface area contributed by atoms with Gasteiger partial charge in [0.25, 0.3) is 5.91 Å². The zero-order valence-electron chi connectivity index (χ0n) is 17.5. The summed E-state index contributed by atoms with van der Waals surface area (Å²) < 4.78 is 32.3. The molecule has 0 atom stereocenters. The molecule has 3 aromatic rings. The number of fused-ring (bicyclic) bond motifs is 1. The second-order valence-electron chi connectivity index (χ2n) is 7.61. The molecular weight excluding hydrogens is 450 g/mol. The third-order valence-corrected chi connectivity index (χ3v) is 8.44. The van der Waals surface area contributed by atoms with Gasteiger partial charge in [-0.05, 0) is 42.3 Å². The van der Waals surface area contributed by atoms with Crippen molar-refractivity contribution in [1.82, 2.24) is 14.6 Å². The van der Waals surface area contributed by atoms with E-state index in [4.69, 9.17) is 4.74 Å². The normalized spacial score (nSPS) is 15.0. The predicted molar refractivity (Wildman–Crippen MR) is 122 cm³/mol. The van der Waals surface area contributed by atoms with Gasteiger partial charge in [0.15, 0.2) is 6.61 Å². The molecule has 1 amide bonds. The lowest BCUT2D eigenvalue weighted by molar-refractivity contribution is -0.124. The number of esters is 1. The van der Waals surface area contributed by atoms with E-state index in [9.17, 15) is 18.0 Å². The molecule has 10 heteroatoms. The van der Waals surface area contributed by atoms with Gasteiger partial charge in [-0.2, -0.15) is 4.31 Å². The number of hydrogen-bond donors (Lipinski definition) is 2. The minimum Gasteiger partial charge on any atom is -0.451 e. The van der Waals surface area contributed by atoms with Crippen molar-refractivity contribution in [3.8, 4) is 0 Å². The number of H-pyrrole nitrogens is 1. The van der Waals surface area contributed by atoms with E-state index in [1.807, 2.05) is 30.5 Å². The first-order chi connectivity index (χ1) is 15.5. The summed E-state index contributed by atoms with van der Waals surface area (Å²) in [5.74, 6) is -1.24. The summed E-state index contributed by atoms with van der Waals surface area (Å²) in [6.45, 7) is 0.830. The van der Waals surface area contributed by atoms with Crippen LogP contribution in [0.5, 0.6) is 0 Å². The van der Waals surface area contributed by atoms with Gasteiger partial charge in [0.1, 0.15) is 9.77 Å². The van der Waals surface area contributed by atoms with Crippen molar-refractivity contribution in [2.45, 2.75) is 30.6 Å². The third kappa shape index (κ3) is 4.87. The van der Waals surface area contributed by atoms with Crippen molar-refractivity contribution in [2.75, 3.05) is 26.2 Å². The Bertz CT molecular complexity index is 1210. The molecule has 170 valence electrons. The molecule has 0 radical (unpaired) electrons. The van der Waals surface area contributed by atoms with Crippen LogP contribution in [0.3, 0.4) is 0 Å². The number of sulfonamides is 1. The van der Waals surface area contributed by atoms with Crippen LogP contribution in [-0.4, -0.2) is 55.8 Å². The van der Waals surface area contributed by atoms with Gasteiger partial charge in [-0.3, -0.25) is 4.79 Å². The van der Waals surface area contributed by atoms with E-state index in [0.29, 0.717) is 26.1 Å². The molecule has 8 nitrogen and oxygen atoms in total. The summed E-state index contributed by atoms with van der Waals surface area (Å²) >= 11 is 1.00. The third-order valence-electron chi connectivity index (χ3n) is 5.47. The Labute approximate surface area is 190 Å². The van der Waals surface area contributed by atoms with Gasteiger partial charge in [0, 0.05) is 36.7 Å². The smallest absolute Gasteiger partial charge is 0.350 e. The van der Waals surface area contributed by atoms with E-state index in [1.165, 1.54) is 10.4 Å². The molecule has 32 heavy (non-hydrogen) atoms. The number of aromatic amines is 1. The molecule has 1 aliphatic heterocycles. The van der Waals surface area contributed by atoms with E-state index in [2.05, 4.69) is 10.3 Å². The number of hydrogen-bond acceptors (Lipinski definition) is 6. The van der Waals surface area contributed by atoms with Gasteiger partial charge in [-0.15, -0.1) is 11.3 Å². The van der Waals surface area contributed by atoms with Gasteiger partial charge >= 0.3 is 5.97 Å². The number of thiophene rings is 1. The SMILES string of the molecule is O=C(COC(=O)c1sccc1S(=O)(=O)N1CCCCC1)NCCc1c[nH]c2ccccc12. The van der Waals surface area contributed by atoms with Crippen LogP contribution in [0.1, 0.15) is 34.5 Å². The molecule has 0 aliphatic carbocycles. The highest BCUT2D eigenvalue weighted by molar-refractivity contribution is 7.89. The topological polar surface area (TPSA) is 109 Å². The number of ether oxygens (including phenoxy) is 1. The largest absolute Gasteiger partial charge is 0.451 e. The molecule has 1 aromatic carbocycles. The number of benzene rings is 1. The number of carbonyl (C=O) groups is 2. The molecule has 2 N–H and O–H groups in total. The molecule has 2 aromatic heterocycles. The summed E-state index contributed by atoms with van der Waals surface area (Å²) in [7, 11) is -3.75. The number of rotatable bonds is 8. The highest BCUT2D eigenvalue weighted by atomic mass is 32.2. The van der Waals surface area contributed by atoms with Crippen molar-refractivity contribution < 1.29 is 22.7 Å². The van der Waals surface area contributed by atoms with Crippen LogP contribution in [0.15, 0.2) is 46.8 Å². The number of nitrogens with zero attached hydrogens (tertiary/aromatic N) is 1. The fourth-order valence-electron chi connectivity index (χ4n) is 3.82. The highest BCUT2D eigenvalue weighted by Crippen LogP contribution is 2.28. The zero-order chi connectivity index (χ0) is 22.6. The van der Waals surface area contributed by atoms with Crippen LogP contribution in [-0.2, 0) is 26.0 Å². The molecule has 1 saturated heterocycles. The fourth-order valence-corrected chi connectivity index (χ4v) is 6.62. The summed E-state index contributed by atoms with van der Waals surface area (Å²) in [5.41, 5.74) is 2.12. The first kappa shape index (κ1) is 22.5. The van der Waals surface area contributed by atoms with Gasteiger partial charge in [0.05, 0.1) is 0 Å². The summed E-state index contributed by atoms with van der Waals surface area (Å²) in [6.07, 6.45) is 5.16. The average Bonchev–Trinajstić information content (AvgIpc) is 3.46. The molecule has 0 spiro atoms. The Balaban J connectivity index is 1.29. The van der Waals surface area contributed by atoms with Crippen LogP contribution in [0, 0.1) is 0 Å². The number of piperidine rings is 1. The number of amides is 1. The standard InChI is InChI=1S/C22H25N3O5S2/c26-20(23-10-8-16-14-24-18-7-3-2-6-17(16)18)15-30-22(27)21-19(9-13-31-21)32(28,29)25-11-4-1-5-12-25/h2-3,6-7,9,13-14,24H,1,4-5,8,10-12,15H2,(H,23,26). The van der Waals surface area contributed by atoms with E-state index >= 15 is 0 Å². The molecule has 4 rings (SSSR count). The zero-order valence-corrected chi connectivity index (χ0v) is 19.1. The van der Waals surface area contributed by atoms with Gasteiger partial charge < -0.3 is 15.0 Å². The van der Waals surface area contributed by atoms with Crippen molar-refractivity contribution >= 4 is 44.1 Å². The fraction of sp³-hybridized carbons (Fsp3) is 0.364. The van der Waals surface area contributed by atoms with Crippen LogP contribution in [0.4, 0.5) is 0 Å². The summed E-state index contributed by atoms with van der Waals surface area (Å²) in [4.78, 5) is 27.8. The van der Waals surface area contributed by atoms with Crippen molar-refractivity contribution in [2.24, 2.45) is 0 Å². The Morgan fingerprint density at radius 2 is 1.91 bits per heavy atom. The molecular formula is C22H25N3O5S2. The molecule has 1 aliphatic rings. The Kier molecular flexibility index (Phi) is 6.92. The highest BCUT2D eigenvalue weighted by Gasteiger charge is 2.31. The second kappa shape index (κ2) is 9.85. The first-order valence-corrected chi connectivity index (χ1v) is 12.9. The lowest BCUT2D eigenvalue weighted by atomic mass is 10.1. The maximum Gasteiger partial charge on any atom is 0.350 e. The van der Waals surface area contributed by atoms with Crippen LogP contribution in [0.2, 0.25) is 0 Å². The van der Waals surface area contributed by atoms with E-state index < -0.39 is 28.5 Å². The minimum atomic E-state index is -3.75. The van der Waals surface area contributed by atoms with Crippen LogP contribution >= 0.6 is 11.3 Å². The average molecular weight is 476 g/mol. The minimum absolute atomic E-state index is 0.00201. The summed E-state index contributed by atoms with van der Waals surface area (Å²) in [6, 6.07) is 9.34. The van der Waals surface area contributed by atoms with E-state index in [0.717, 1.165) is 47.1 Å². The Morgan fingerprint density at radius 1 is 1.12 bits per heavy atom. The predicted octanol–water partition coefficient (Wildman–Crippen LogP) is 2.92.